The molecule has 2 aromatic heterocycles. The number of fused-ring (bicyclic) bond motifs is 3. The van der Waals surface area contributed by atoms with Gasteiger partial charge in [-0.2, -0.15) is 0 Å². The van der Waals surface area contributed by atoms with Crippen molar-refractivity contribution in [3.63, 3.8) is 0 Å². The van der Waals surface area contributed by atoms with Crippen LogP contribution in [0.3, 0.4) is 0 Å². The predicted molar refractivity (Wildman–Crippen MR) is 83.7 cm³/mol. The minimum absolute atomic E-state index is 0.0774. The average molecular weight is 295 g/mol. The van der Waals surface area contributed by atoms with Crippen LogP contribution < -0.4 is 9.80 Å². The van der Waals surface area contributed by atoms with Gasteiger partial charge in [0.2, 0.25) is 5.91 Å². The van der Waals surface area contributed by atoms with E-state index < -0.39 is 0 Å². The Morgan fingerprint density at radius 1 is 1.23 bits per heavy atom. The molecule has 6 heteroatoms. The Morgan fingerprint density at radius 2 is 2.05 bits per heavy atom. The first-order valence-electron chi connectivity index (χ1n) is 7.57. The van der Waals surface area contributed by atoms with Crippen LogP contribution in [0, 0.1) is 0 Å². The molecule has 22 heavy (non-hydrogen) atoms. The molecule has 1 atom stereocenters. The lowest BCUT2D eigenvalue weighted by Gasteiger charge is -2.43. The van der Waals surface area contributed by atoms with Crippen LogP contribution >= 0.6 is 0 Å². The fourth-order valence-electron chi connectivity index (χ4n) is 3.24. The van der Waals surface area contributed by atoms with Crippen LogP contribution in [0.25, 0.3) is 11.4 Å². The summed E-state index contributed by atoms with van der Waals surface area (Å²) < 4.78 is 0. The average Bonchev–Trinajstić information content (AvgIpc) is 2.60. The Bertz CT molecular complexity index is 718. The Kier molecular flexibility index (Phi) is 3.03. The zero-order valence-electron chi connectivity index (χ0n) is 12.4. The quantitative estimate of drug-likeness (QED) is 0.804. The summed E-state index contributed by atoms with van der Waals surface area (Å²) >= 11 is 0. The fourth-order valence-corrected chi connectivity index (χ4v) is 3.24. The van der Waals surface area contributed by atoms with Crippen molar-refractivity contribution in [3.05, 3.63) is 30.7 Å². The van der Waals surface area contributed by atoms with Gasteiger partial charge < -0.3 is 9.80 Å². The van der Waals surface area contributed by atoms with Gasteiger partial charge in [0.15, 0.2) is 11.6 Å². The molecule has 2 aromatic rings. The molecule has 0 bridgehead atoms. The maximum atomic E-state index is 12.5. The van der Waals surface area contributed by atoms with Crippen LogP contribution in [0.5, 0.6) is 0 Å². The maximum absolute atomic E-state index is 12.5. The van der Waals surface area contributed by atoms with E-state index in [1.165, 1.54) is 0 Å². The molecule has 6 nitrogen and oxygen atoms in total. The summed E-state index contributed by atoms with van der Waals surface area (Å²) in [6.45, 7) is 0.879. The Labute approximate surface area is 128 Å². The Hall–Kier alpha value is -2.50. The lowest BCUT2D eigenvalue weighted by atomic mass is 9.98. The minimum atomic E-state index is -0.0774. The van der Waals surface area contributed by atoms with Crippen molar-refractivity contribution in [1.29, 1.82) is 0 Å². The SMILES string of the molecule is CN1C(=O)C2CCCCN2c2nc(-c3ccncc3)ncc21. The predicted octanol–water partition coefficient (Wildman–Crippen LogP) is 1.87. The smallest absolute Gasteiger partial charge is 0.249 e. The second-order valence-electron chi connectivity index (χ2n) is 5.74. The highest BCUT2D eigenvalue weighted by Crippen LogP contribution is 2.37. The molecular weight excluding hydrogens is 278 g/mol. The van der Waals surface area contributed by atoms with Gasteiger partial charge >= 0.3 is 0 Å². The van der Waals surface area contributed by atoms with Crippen LogP contribution in [0.15, 0.2) is 30.7 Å². The zero-order valence-corrected chi connectivity index (χ0v) is 12.4. The number of anilines is 2. The summed E-state index contributed by atoms with van der Waals surface area (Å²) in [4.78, 5) is 29.5. The summed E-state index contributed by atoms with van der Waals surface area (Å²) in [5, 5.41) is 0. The lowest BCUT2D eigenvalue weighted by molar-refractivity contribution is -0.120. The van der Waals surface area contributed by atoms with E-state index in [-0.39, 0.29) is 11.9 Å². The van der Waals surface area contributed by atoms with E-state index in [2.05, 4.69) is 14.9 Å². The van der Waals surface area contributed by atoms with Gasteiger partial charge in [0, 0.05) is 31.5 Å². The van der Waals surface area contributed by atoms with Crippen molar-refractivity contribution in [3.8, 4) is 11.4 Å². The van der Waals surface area contributed by atoms with Gasteiger partial charge in [-0.3, -0.25) is 9.78 Å². The molecule has 0 spiro atoms. The molecule has 1 unspecified atom stereocenters. The van der Waals surface area contributed by atoms with Crippen LogP contribution in [0.4, 0.5) is 11.5 Å². The van der Waals surface area contributed by atoms with Crippen molar-refractivity contribution < 1.29 is 4.79 Å². The van der Waals surface area contributed by atoms with E-state index in [4.69, 9.17) is 4.98 Å². The van der Waals surface area contributed by atoms with Crippen LogP contribution in [-0.4, -0.2) is 40.5 Å². The number of piperidine rings is 1. The summed E-state index contributed by atoms with van der Waals surface area (Å²) in [5.41, 5.74) is 1.73. The number of hydrogen-bond donors (Lipinski definition) is 0. The summed E-state index contributed by atoms with van der Waals surface area (Å²) in [5.74, 6) is 1.69. The van der Waals surface area contributed by atoms with Gasteiger partial charge in [-0.1, -0.05) is 0 Å². The van der Waals surface area contributed by atoms with Gasteiger partial charge in [0.25, 0.3) is 0 Å². The van der Waals surface area contributed by atoms with E-state index in [1.54, 1.807) is 23.5 Å². The molecule has 2 aliphatic rings. The molecule has 4 heterocycles. The number of carbonyl (C=O) groups is 1. The van der Waals surface area contributed by atoms with Crippen molar-refractivity contribution >= 4 is 17.4 Å². The normalized spacial score (nSPS) is 20.6. The first-order chi connectivity index (χ1) is 10.8. The van der Waals surface area contributed by atoms with Gasteiger partial charge in [0.1, 0.15) is 11.7 Å². The van der Waals surface area contributed by atoms with Crippen molar-refractivity contribution in [2.45, 2.75) is 25.3 Å². The van der Waals surface area contributed by atoms with E-state index in [0.29, 0.717) is 5.82 Å². The molecular formula is C16H17N5O. The molecule has 112 valence electrons. The molecule has 1 fully saturated rings. The molecule has 0 radical (unpaired) electrons. The molecule has 0 N–H and O–H groups in total. The van der Waals surface area contributed by atoms with Crippen molar-refractivity contribution in [2.75, 3.05) is 23.4 Å². The van der Waals surface area contributed by atoms with Gasteiger partial charge in [-0.25, -0.2) is 9.97 Å². The maximum Gasteiger partial charge on any atom is 0.249 e. The number of rotatable bonds is 1. The number of nitrogens with zero attached hydrogens (tertiary/aromatic N) is 5. The van der Waals surface area contributed by atoms with Crippen LogP contribution in [0.1, 0.15) is 19.3 Å². The third kappa shape index (κ3) is 1.94. The van der Waals surface area contributed by atoms with E-state index >= 15 is 0 Å². The number of aromatic nitrogens is 3. The lowest BCUT2D eigenvalue weighted by Crippen LogP contribution is -2.54. The van der Waals surface area contributed by atoms with Gasteiger partial charge in [0.05, 0.1) is 6.20 Å². The molecule has 4 rings (SSSR count). The minimum Gasteiger partial charge on any atom is -0.343 e. The van der Waals surface area contributed by atoms with Crippen molar-refractivity contribution in [2.24, 2.45) is 0 Å². The van der Waals surface area contributed by atoms with Crippen molar-refractivity contribution in [1.82, 2.24) is 15.0 Å². The first-order valence-corrected chi connectivity index (χ1v) is 7.57. The fraction of sp³-hybridized carbons (Fsp3) is 0.375. The molecule has 1 amide bonds. The molecule has 0 aliphatic carbocycles. The number of hydrogen-bond acceptors (Lipinski definition) is 5. The third-order valence-electron chi connectivity index (χ3n) is 4.44. The second-order valence-corrected chi connectivity index (χ2v) is 5.74. The van der Waals surface area contributed by atoms with E-state index in [1.807, 2.05) is 19.2 Å². The number of pyridine rings is 1. The highest BCUT2D eigenvalue weighted by atomic mass is 16.2. The van der Waals surface area contributed by atoms with Gasteiger partial charge in [-0.05, 0) is 31.4 Å². The highest BCUT2D eigenvalue weighted by Gasteiger charge is 2.39. The summed E-state index contributed by atoms with van der Waals surface area (Å²) in [7, 11) is 1.81. The van der Waals surface area contributed by atoms with E-state index in [9.17, 15) is 4.79 Å². The molecule has 1 saturated heterocycles. The Balaban J connectivity index is 1.83. The monoisotopic (exact) mass is 295 g/mol. The van der Waals surface area contributed by atoms with Crippen LogP contribution in [-0.2, 0) is 4.79 Å². The second kappa shape index (κ2) is 5.05. The summed E-state index contributed by atoms with van der Waals surface area (Å²) in [6, 6.07) is 3.71. The number of likely N-dealkylation sites (N-methyl/N-ethyl adjacent to an activating group) is 1. The van der Waals surface area contributed by atoms with Gasteiger partial charge in [-0.15, -0.1) is 0 Å². The molecule has 2 aliphatic heterocycles. The zero-order chi connectivity index (χ0) is 15.1. The first kappa shape index (κ1) is 13.2. The molecule has 0 saturated carbocycles. The highest BCUT2D eigenvalue weighted by molar-refractivity contribution is 6.04. The largest absolute Gasteiger partial charge is 0.343 e. The topological polar surface area (TPSA) is 62.2 Å². The Morgan fingerprint density at radius 3 is 2.86 bits per heavy atom. The number of amides is 1. The standard InChI is InChI=1S/C16H17N5O/c1-20-13-10-18-14(11-5-7-17-8-6-11)19-15(13)21-9-3-2-4-12(21)16(20)22/h5-8,10,12H,2-4,9H2,1H3. The summed E-state index contributed by atoms with van der Waals surface area (Å²) in [6.07, 6.45) is 8.31. The van der Waals surface area contributed by atoms with E-state index in [0.717, 1.165) is 42.9 Å². The molecule has 0 aromatic carbocycles. The third-order valence-corrected chi connectivity index (χ3v) is 4.44. The van der Waals surface area contributed by atoms with Crippen LogP contribution in [0.2, 0.25) is 0 Å². The number of carbonyl (C=O) groups excluding carboxylic acids is 1.